The molecule has 0 atom stereocenters. The molecule has 1 aliphatic heterocycles. The van der Waals surface area contributed by atoms with Crippen LogP contribution in [0.4, 0.5) is 15.9 Å². The van der Waals surface area contributed by atoms with Crippen LogP contribution in [0.15, 0.2) is 47.4 Å². The van der Waals surface area contributed by atoms with Crippen molar-refractivity contribution in [2.24, 2.45) is 12.8 Å². The van der Waals surface area contributed by atoms with Gasteiger partial charge in [0.2, 0.25) is 5.69 Å². The number of rotatable bonds is 3. The van der Waals surface area contributed by atoms with Crippen LogP contribution in [0.2, 0.25) is 5.02 Å². The van der Waals surface area contributed by atoms with Gasteiger partial charge in [0, 0.05) is 37.1 Å². The van der Waals surface area contributed by atoms with E-state index in [0.29, 0.717) is 30.2 Å². The molecular formula is C24H21ClFN7O. The molecule has 0 amide bonds. The second-order valence-electron chi connectivity index (χ2n) is 8.33. The summed E-state index contributed by atoms with van der Waals surface area (Å²) in [4.78, 5) is 23.5. The zero-order valence-corrected chi connectivity index (χ0v) is 19.1. The summed E-state index contributed by atoms with van der Waals surface area (Å²) < 4.78 is 17.7. The van der Waals surface area contributed by atoms with Crippen molar-refractivity contribution in [3.05, 3.63) is 75.2 Å². The van der Waals surface area contributed by atoms with Gasteiger partial charge in [-0.1, -0.05) is 23.7 Å². The van der Waals surface area contributed by atoms with E-state index < -0.39 is 11.4 Å². The normalized spacial score (nSPS) is 14.5. The van der Waals surface area contributed by atoms with E-state index in [1.165, 1.54) is 16.7 Å². The van der Waals surface area contributed by atoms with Crippen LogP contribution < -0.4 is 16.2 Å². The average Bonchev–Trinajstić information content (AvgIpc) is 3.21. The molecule has 0 unspecified atom stereocenters. The minimum Gasteiger partial charge on any atom is -0.355 e. The highest BCUT2D eigenvalue weighted by atomic mass is 35.5. The predicted octanol–water partition coefficient (Wildman–Crippen LogP) is 4.06. The number of fused-ring (bicyclic) bond motifs is 1. The molecule has 0 radical (unpaired) electrons. The first-order valence-electron chi connectivity index (χ1n) is 10.8. The Balaban J connectivity index is 1.75. The van der Waals surface area contributed by atoms with E-state index >= 15 is 0 Å². The monoisotopic (exact) mass is 477 g/mol. The maximum absolute atomic E-state index is 14.6. The molecular weight excluding hydrogens is 457 g/mol. The Kier molecular flexibility index (Phi) is 5.55. The van der Waals surface area contributed by atoms with Gasteiger partial charge in [0.05, 0.1) is 24.0 Å². The fraction of sp³-hybridized carbons (Fsp3) is 0.250. The average molecular weight is 478 g/mol. The highest BCUT2D eigenvalue weighted by Crippen LogP contribution is 2.31. The Bertz CT molecular complexity index is 1510. The highest BCUT2D eigenvalue weighted by molar-refractivity contribution is 6.32. The maximum Gasteiger partial charge on any atom is 0.279 e. The van der Waals surface area contributed by atoms with Crippen LogP contribution in [0, 0.1) is 12.4 Å². The Morgan fingerprint density at radius 2 is 1.97 bits per heavy atom. The summed E-state index contributed by atoms with van der Waals surface area (Å²) in [5.74, 6) is -0.101. The van der Waals surface area contributed by atoms with Crippen molar-refractivity contribution in [2.75, 3.05) is 18.0 Å². The smallest absolute Gasteiger partial charge is 0.279 e. The van der Waals surface area contributed by atoms with Gasteiger partial charge in [0.15, 0.2) is 5.82 Å². The fourth-order valence-electron chi connectivity index (χ4n) is 4.27. The minimum atomic E-state index is -0.684. The fourth-order valence-corrected chi connectivity index (χ4v) is 4.52. The topological polar surface area (TPSA) is 86.3 Å². The number of hydrogen-bond acceptors (Lipinski definition) is 5. The molecule has 0 bridgehead atoms. The van der Waals surface area contributed by atoms with Crippen molar-refractivity contribution in [1.29, 1.82) is 0 Å². The summed E-state index contributed by atoms with van der Waals surface area (Å²) in [5, 5.41) is 5.08. The van der Waals surface area contributed by atoms with Crippen molar-refractivity contribution in [3.8, 4) is 17.1 Å². The van der Waals surface area contributed by atoms with E-state index in [0.717, 1.165) is 23.7 Å². The Morgan fingerprint density at radius 1 is 1.21 bits per heavy atom. The summed E-state index contributed by atoms with van der Waals surface area (Å²) in [7, 11) is 1.83. The first-order valence-corrected chi connectivity index (χ1v) is 11.2. The van der Waals surface area contributed by atoms with Crippen LogP contribution in [0.3, 0.4) is 0 Å². The van der Waals surface area contributed by atoms with Crippen molar-refractivity contribution in [2.45, 2.75) is 18.9 Å². The SMILES string of the molecule is [C-]#[N+]c1ccc(-c2nc(N3CCC(N)CC3)c(Cl)c(=O)n2-c2ccc3c(cnn3C)c2)cc1F. The van der Waals surface area contributed by atoms with Crippen LogP contribution in [0.5, 0.6) is 0 Å². The molecule has 1 aliphatic rings. The Morgan fingerprint density at radius 3 is 2.68 bits per heavy atom. The number of aryl methyl sites for hydroxylation is 1. The van der Waals surface area contributed by atoms with Gasteiger partial charge in [-0.2, -0.15) is 5.10 Å². The molecule has 0 spiro atoms. The van der Waals surface area contributed by atoms with E-state index in [1.807, 2.05) is 24.1 Å². The molecule has 1 saturated heterocycles. The zero-order chi connectivity index (χ0) is 24.0. The molecule has 0 saturated carbocycles. The molecule has 5 rings (SSSR count). The quantitative estimate of drug-likeness (QED) is 0.450. The van der Waals surface area contributed by atoms with Gasteiger partial charge in [-0.25, -0.2) is 14.2 Å². The third-order valence-corrected chi connectivity index (χ3v) is 6.49. The van der Waals surface area contributed by atoms with Gasteiger partial charge >= 0.3 is 0 Å². The number of benzene rings is 2. The second-order valence-corrected chi connectivity index (χ2v) is 8.71. The Hall–Kier alpha value is -3.74. The van der Waals surface area contributed by atoms with Crippen LogP contribution in [-0.2, 0) is 7.05 Å². The van der Waals surface area contributed by atoms with Crippen LogP contribution in [-0.4, -0.2) is 38.5 Å². The second kappa shape index (κ2) is 8.56. The Labute approximate surface area is 199 Å². The van der Waals surface area contributed by atoms with E-state index in [9.17, 15) is 9.18 Å². The highest BCUT2D eigenvalue weighted by Gasteiger charge is 2.25. The van der Waals surface area contributed by atoms with Crippen molar-refractivity contribution in [1.82, 2.24) is 19.3 Å². The molecule has 172 valence electrons. The van der Waals surface area contributed by atoms with Gasteiger partial charge in [0.1, 0.15) is 16.7 Å². The number of nitrogens with two attached hydrogens (primary N) is 1. The number of hydrogen-bond donors (Lipinski definition) is 1. The molecule has 2 N–H and O–H groups in total. The number of aromatic nitrogens is 4. The lowest BCUT2D eigenvalue weighted by molar-refractivity contribution is 0.498. The summed E-state index contributed by atoms with van der Waals surface area (Å²) in [6, 6.07) is 9.72. The van der Waals surface area contributed by atoms with Gasteiger partial charge in [-0.3, -0.25) is 14.0 Å². The first kappa shape index (κ1) is 22.1. The number of nitrogens with zero attached hydrogens (tertiary/aromatic N) is 6. The minimum absolute atomic E-state index is 0.0104. The summed E-state index contributed by atoms with van der Waals surface area (Å²) in [5.41, 5.74) is 7.25. The number of anilines is 1. The molecule has 10 heteroatoms. The summed E-state index contributed by atoms with van der Waals surface area (Å²) in [6.45, 7) is 8.36. The maximum atomic E-state index is 14.6. The van der Waals surface area contributed by atoms with Crippen LogP contribution >= 0.6 is 11.6 Å². The lowest BCUT2D eigenvalue weighted by Crippen LogP contribution is -2.41. The largest absolute Gasteiger partial charge is 0.355 e. The molecule has 3 heterocycles. The van der Waals surface area contributed by atoms with E-state index in [4.69, 9.17) is 28.9 Å². The molecule has 34 heavy (non-hydrogen) atoms. The van der Waals surface area contributed by atoms with E-state index in [2.05, 4.69) is 9.94 Å². The summed E-state index contributed by atoms with van der Waals surface area (Å²) in [6.07, 6.45) is 3.21. The molecule has 2 aromatic heterocycles. The van der Waals surface area contributed by atoms with Gasteiger partial charge in [-0.05, 0) is 37.1 Å². The van der Waals surface area contributed by atoms with E-state index in [1.54, 1.807) is 23.0 Å². The number of halogens is 2. The molecule has 0 aliphatic carbocycles. The lowest BCUT2D eigenvalue weighted by atomic mass is 10.1. The van der Waals surface area contributed by atoms with Gasteiger partial charge in [0.25, 0.3) is 5.56 Å². The molecule has 4 aromatic rings. The van der Waals surface area contributed by atoms with E-state index in [-0.39, 0.29) is 22.6 Å². The van der Waals surface area contributed by atoms with Crippen molar-refractivity contribution < 1.29 is 4.39 Å². The van der Waals surface area contributed by atoms with Crippen molar-refractivity contribution >= 4 is 34.0 Å². The van der Waals surface area contributed by atoms with Crippen LogP contribution in [0.25, 0.3) is 32.8 Å². The third kappa shape index (κ3) is 3.71. The molecule has 1 fully saturated rings. The third-order valence-electron chi connectivity index (χ3n) is 6.16. The van der Waals surface area contributed by atoms with Gasteiger partial charge in [-0.15, -0.1) is 0 Å². The lowest BCUT2D eigenvalue weighted by Gasteiger charge is -2.32. The predicted molar refractivity (Wildman–Crippen MR) is 130 cm³/mol. The number of piperidine rings is 1. The standard InChI is InChI=1S/C24H21ClFN7O/c1-28-19-5-3-14(12-18(19)26)22-30-23(32-9-7-16(27)8-10-32)21(25)24(34)33(22)17-4-6-20-15(11-17)13-29-31(20)2/h3-6,11-13,16H,7-10,27H2,2H3. The van der Waals surface area contributed by atoms with Crippen molar-refractivity contribution in [3.63, 3.8) is 0 Å². The summed E-state index contributed by atoms with van der Waals surface area (Å²) >= 11 is 6.58. The molecule has 2 aromatic carbocycles. The van der Waals surface area contributed by atoms with Crippen LogP contribution in [0.1, 0.15) is 12.8 Å². The van der Waals surface area contributed by atoms with Gasteiger partial charge < -0.3 is 10.6 Å². The molecule has 8 nitrogen and oxygen atoms in total. The zero-order valence-electron chi connectivity index (χ0n) is 18.4. The first-order chi connectivity index (χ1) is 16.4.